The Hall–Kier alpha value is -1.55. The second-order valence-corrected chi connectivity index (χ2v) is 6.82. The SMILES string of the molecule is Cc1cccc(C2CC(CO)N(C(=O)OC(C)(C)C)C2)c1. The Morgan fingerprint density at radius 1 is 1.43 bits per heavy atom. The molecule has 4 heteroatoms. The Morgan fingerprint density at radius 3 is 2.71 bits per heavy atom. The fourth-order valence-corrected chi connectivity index (χ4v) is 2.80. The van der Waals surface area contributed by atoms with Gasteiger partial charge in [0, 0.05) is 12.5 Å². The van der Waals surface area contributed by atoms with Crippen LogP contribution in [-0.4, -0.2) is 40.9 Å². The molecule has 1 heterocycles. The number of carbonyl (C=O) groups excluding carboxylic acids is 1. The summed E-state index contributed by atoms with van der Waals surface area (Å²) in [7, 11) is 0. The Labute approximate surface area is 126 Å². The van der Waals surface area contributed by atoms with E-state index < -0.39 is 5.60 Å². The van der Waals surface area contributed by atoms with Crippen molar-refractivity contribution in [1.29, 1.82) is 0 Å². The van der Waals surface area contributed by atoms with E-state index >= 15 is 0 Å². The Bertz CT molecular complexity index is 507. The van der Waals surface area contributed by atoms with Crippen molar-refractivity contribution in [3.05, 3.63) is 35.4 Å². The van der Waals surface area contributed by atoms with Crippen molar-refractivity contribution in [2.24, 2.45) is 0 Å². The molecule has 0 radical (unpaired) electrons. The monoisotopic (exact) mass is 291 g/mol. The first-order chi connectivity index (χ1) is 9.80. The second-order valence-electron chi connectivity index (χ2n) is 6.82. The van der Waals surface area contributed by atoms with E-state index in [4.69, 9.17) is 4.74 Å². The quantitative estimate of drug-likeness (QED) is 0.911. The lowest BCUT2D eigenvalue weighted by Crippen LogP contribution is -2.41. The van der Waals surface area contributed by atoms with Crippen molar-refractivity contribution in [2.45, 2.75) is 51.7 Å². The molecule has 1 saturated heterocycles. The van der Waals surface area contributed by atoms with E-state index in [0.717, 1.165) is 6.42 Å². The van der Waals surface area contributed by atoms with Crippen LogP contribution < -0.4 is 0 Å². The summed E-state index contributed by atoms with van der Waals surface area (Å²) in [5, 5.41) is 9.55. The molecule has 0 saturated carbocycles. The highest BCUT2D eigenvalue weighted by Crippen LogP contribution is 2.32. The molecule has 0 spiro atoms. The molecule has 2 rings (SSSR count). The van der Waals surface area contributed by atoms with Crippen LogP contribution in [0.4, 0.5) is 4.79 Å². The summed E-state index contributed by atoms with van der Waals surface area (Å²) in [6, 6.07) is 8.18. The normalized spacial score (nSPS) is 22.4. The van der Waals surface area contributed by atoms with E-state index in [2.05, 4.69) is 25.1 Å². The van der Waals surface area contributed by atoms with Crippen LogP contribution in [0, 0.1) is 6.92 Å². The van der Waals surface area contributed by atoms with E-state index in [-0.39, 0.29) is 24.7 Å². The molecule has 1 amide bonds. The molecular weight excluding hydrogens is 266 g/mol. The van der Waals surface area contributed by atoms with Crippen LogP contribution in [-0.2, 0) is 4.74 Å². The molecule has 0 bridgehead atoms. The van der Waals surface area contributed by atoms with Gasteiger partial charge in [0.25, 0.3) is 0 Å². The molecule has 116 valence electrons. The van der Waals surface area contributed by atoms with Gasteiger partial charge >= 0.3 is 6.09 Å². The molecular formula is C17H25NO3. The number of rotatable bonds is 2. The standard InChI is InChI=1S/C17H25NO3/c1-12-6-5-7-13(8-12)14-9-15(11-19)18(10-14)16(20)21-17(2,3)4/h5-8,14-15,19H,9-11H2,1-4H3. The summed E-state index contributed by atoms with van der Waals surface area (Å²) >= 11 is 0. The topological polar surface area (TPSA) is 49.8 Å². The van der Waals surface area contributed by atoms with Gasteiger partial charge in [0.2, 0.25) is 0 Å². The number of aryl methyl sites for hydroxylation is 1. The van der Waals surface area contributed by atoms with Crippen molar-refractivity contribution in [3.8, 4) is 0 Å². The van der Waals surface area contributed by atoms with Gasteiger partial charge in [-0.05, 0) is 39.7 Å². The van der Waals surface area contributed by atoms with Crippen LogP contribution in [0.25, 0.3) is 0 Å². The summed E-state index contributed by atoms with van der Waals surface area (Å²) in [6.45, 7) is 8.20. The molecule has 1 fully saturated rings. The smallest absolute Gasteiger partial charge is 0.410 e. The third kappa shape index (κ3) is 3.97. The van der Waals surface area contributed by atoms with Gasteiger partial charge in [-0.25, -0.2) is 4.79 Å². The zero-order valence-corrected chi connectivity index (χ0v) is 13.3. The number of aliphatic hydroxyl groups excluding tert-OH is 1. The molecule has 0 aliphatic carbocycles. The first kappa shape index (κ1) is 15.8. The summed E-state index contributed by atoms with van der Waals surface area (Å²) in [6.07, 6.45) is 0.441. The van der Waals surface area contributed by atoms with E-state index in [1.54, 1.807) is 4.90 Å². The third-order valence-electron chi connectivity index (χ3n) is 3.77. The van der Waals surface area contributed by atoms with Crippen molar-refractivity contribution in [2.75, 3.05) is 13.2 Å². The zero-order chi connectivity index (χ0) is 15.6. The van der Waals surface area contributed by atoms with Crippen LogP contribution in [0.15, 0.2) is 24.3 Å². The van der Waals surface area contributed by atoms with Crippen molar-refractivity contribution in [3.63, 3.8) is 0 Å². The Balaban J connectivity index is 2.12. The molecule has 1 N–H and O–H groups in total. The first-order valence-corrected chi connectivity index (χ1v) is 7.47. The molecule has 2 atom stereocenters. The lowest BCUT2D eigenvalue weighted by atomic mass is 9.95. The summed E-state index contributed by atoms with van der Waals surface area (Å²) in [4.78, 5) is 13.9. The molecule has 1 aliphatic rings. The summed E-state index contributed by atoms with van der Waals surface area (Å²) in [5.41, 5.74) is 1.92. The minimum absolute atomic E-state index is 0.0262. The number of benzene rings is 1. The van der Waals surface area contributed by atoms with E-state index in [1.807, 2.05) is 26.8 Å². The third-order valence-corrected chi connectivity index (χ3v) is 3.77. The van der Waals surface area contributed by atoms with Gasteiger partial charge in [-0.15, -0.1) is 0 Å². The van der Waals surface area contributed by atoms with Gasteiger partial charge < -0.3 is 14.7 Å². The minimum atomic E-state index is -0.515. The summed E-state index contributed by atoms with van der Waals surface area (Å²) < 4.78 is 5.44. The number of ether oxygens (including phenoxy) is 1. The molecule has 21 heavy (non-hydrogen) atoms. The number of carbonyl (C=O) groups is 1. The fraction of sp³-hybridized carbons (Fsp3) is 0.588. The van der Waals surface area contributed by atoms with Crippen molar-refractivity contribution >= 4 is 6.09 Å². The maximum Gasteiger partial charge on any atom is 0.410 e. The van der Waals surface area contributed by atoms with Gasteiger partial charge in [-0.2, -0.15) is 0 Å². The van der Waals surface area contributed by atoms with Gasteiger partial charge in [-0.3, -0.25) is 0 Å². The van der Waals surface area contributed by atoms with E-state index in [0.29, 0.717) is 6.54 Å². The summed E-state index contributed by atoms with van der Waals surface area (Å²) in [5.74, 6) is 0.259. The van der Waals surface area contributed by atoms with Crippen LogP contribution >= 0.6 is 0 Å². The Morgan fingerprint density at radius 2 is 2.14 bits per heavy atom. The van der Waals surface area contributed by atoms with Crippen LogP contribution in [0.5, 0.6) is 0 Å². The van der Waals surface area contributed by atoms with E-state index in [1.165, 1.54) is 11.1 Å². The van der Waals surface area contributed by atoms with Crippen molar-refractivity contribution in [1.82, 2.24) is 4.90 Å². The van der Waals surface area contributed by atoms with Crippen LogP contribution in [0.1, 0.15) is 44.2 Å². The average molecular weight is 291 g/mol. The fourth-order valence-electron chi connectivity index (χ4n) is 2.80. The largest absolute Gasteiger partial charge is 0.444 e. The molecule has 2 unspecified atom stereocenters. The zero-order valence-electron chi connectivity index (χ0n) is 13.3. The van der Waals surface area contributed by atoms with Crippen LogP contribution in [0.3, 0.4) is 0 Å². The lowest BCUT2D eigenvalue weighted by Gasteiger charge is -2.27. The maximum atomic E-state index is 12.3. The van der Waals surface area contributed by atoms with E-state index in [9.17, 15) is 9.90 Å². The number of nitrogens with zero attached hydrogens (tertiary/aromatic N) is 1. The highest BCUT2D eigenvalue weighted by molar-refractivity contribution is 5.69. The Kier molecular flexibility index (Phi) is 4.57. The van der Waals surface area contributed by atoms with Gasteiger partial charge in [0.15, 0.2) is 0 Å². The molecule has 1 aromatic carbocycles. The molecule has 1 aliphatic heterocycles. The van der Waals surface area contributed by atoms with Crippen molar-refractivity contribution < 1.29 is 14.6 Å². The predicted molar refractivity (Wildman–Crippen MR) is 82.4 cm³/mol. The highest BCUT2D eigenvalue weighted by atomic mass is 16.6. The predicted octanol–water partition coefficient (Wildman–Crippen LogP) is 3.08. The minimum Gasteiger partial charge on any atom is -0.444 e. The number of aliphatic hydroxyl groups is 1. The van der Waals surface area contributed by atoms with Gasteiger partial charge in [0.05, 0.1) is 12.6 Å². The van der Waals surface area contributed by atoms with Gasteiger partial charge in [0.1, 0.15) is 5.60 Å². The molecule has 4 nitrogen and oxygen atoms in total. The molecule has 0 aromatic heterocycles. The maximum absolute atomic E-state index is 12.3. The highest BCUT2D eigenvalue weighted by Gasteiger charge is 2.37. The van der Waals surface area contributed by atoms with Gasteiger partial charge in [-0.1, -0.05) is 29.8 Å². The van der Waals surface area contributed by atoms with Crippen LogP contribution in [0.2, 0.25) is 0 Å². The number of hydrogen-bond acceptors (Lipinski definition) is 3. The number of likely N-dealkylation sites (tertiary alicyclic amines) is 1. The second kappa shape index (κ2) is 6.06. The first-order valence-electron chi connectivity index (χ1n) is 7.47. The lowest BCUT2D eigenvalue weighted by molar-refractivity contribution is 0.0174. The molecule has 1 aromatic rings. The number of hydrogen-bond donors (Lipinski definition) is 1. The number of amides is 1. The average Bonchev–Trinajstić information content (AvgIpc) is 2.81.